The predicted molar refractivity (Wildman–Crippen MR) is 240 cm³/mol. The minimum atomic E-state index is -0.123. The number of rotatable bonds is 6. The van der Waals surface area contributed by atoms with Crippen molar-refractivity contribution in [3.8, 4) is 33.4 Å². The van der Waals surface area contributed by atoms with E-state index in [1.54, 1.807) is 5.56 Å². The van der Waals surface area contributed by atoms with Crippen molar-refractivity contribution in [1.82, 2.24) is 0 Å². The second-order valence-corrected chi connectivity index (χ2v) is 16.7. The third-order valence-electron chi connectivity index (χ3n) is 13.1. The Kier molecular flexibility index (Phi) is 7.96. The summed E-state index contributed by atoms with van der Waals surface area (Å²) in [5, 5.41) is 4.77. The van der Waals surface area contributed by atoms with Crippen molar-refractivity contribution in [2.45, 2.75) is 57.3 Å². The molecule has 57 heavy (non-hydrogen) atoms. The standard InChI is InChI=1S/C55H45NO/c1-55(2)48-22-13-21-44(37-14-5-3-6-15-37)54(48)46-31-30-42(35-49(46)55)56(50-32-26-38-16-9-10-19-43(38)53(50)39-17-7-4-8-18-39)41-28-24-36(25-29-41)40-27-33-52-47(34-40)45-20-11-12-23-51(45)57-52/h4,7-13,16-35,37H,3,5-6,14-15H2,1-2H3. The number of hydrogen-bond acceptors (Lipinski definition) is 2. The van der Waals surface area contributed by atoms with Crippen LogP contribution in [0.4, 0.5) is 17.1 Å². The van der Waals surface area contributed by atoms with Crippen LogP contribution in [0.2, 0.25) is 0 Å². The Labute approximate surface area is 335 Å². The van der Waals surface area contributed by atoms with Crippen molar-refractivity contribution in [1.29, 1.82) is 0 Å². The van der Waals surface area contributed by atoms with Crippen molar-refractivity contribution >= 4 is 49.8 Å². The van der Waals surface area contributed by atoms with Crippen LogP contribution in [0.5, 0.6) is 0 Å². The number of anilines is 3. The number of benzene rings is 8. The minimum absolute atomic E-state index is 0.123. The third kappa shape index (κ3) is 5.53. The molecule has 8 aromatic carbocycles. The first kappa shape index (κ1) is 33.9. The molecule has 1 fully saturated rings. The molecule has 11 rings (SSSR count). The molecule has 0 unspecified atom stereocenters. The van der Waals surface area contributed by atoms with E-state index in [-0.39, 0.29) is 5.41 Å². The van der Waals surface area contributed by atoms with E-state index in [9.17, 15) is 0 Å². The summed E-state index contributed by atoms with van der Waals surface area (Å²) < 4.78 is 6.17. The van der Waals surface area contributed by atoms with Gasteiger partial charge in [0.2, 0.25) is 0 Å². The molecule has 0 saturated heterocycles. The maximum atomic E-state index is 6.17. The summed E-state index contributed by atoms with van der Waals surface area (Å²) in [7, 11) is 0. The Morgan fingerprint density at radius 2 is 1.21 bits per heavy atom. The highest BCUT2D eigenvalue weighted by Crippen LogP contribution is 2.55. The summed E-state index contributed by atoms with van der Waals surface area (Å²) in [6.45, 7) is 4.85. The van der Waals surface area contributed by atoms with Crippen LogP contribution in [0.15, 0.2) is 174 Å². The van der Waals surface area contributed by atoms with Crippen LogP contribution < -0.4 is 4.90 Å². The smallest absolute Gasteiger partial charge is 0.135 e. The highest BCUT2D eigenvalue weighted by molar-refractivity contribution is 6.07. The van der Waals surface area contributed by atoms with Gasteiger partial charge in [-0.2, -0.15) is 0 Å². The quantitative estimate of drug-likeness (QED) is 0.169. The van der Waals surface area contributed by atoms with Gasteiger partial charge in [0.15, 0.2) is 0 Å². The van der Waals surface area contributed by atoms with Gasteiger partial charge in [-0.3, -0.25) is 0 Å². The van der Waals surface area contributed by atoms with Crippen LogP contribution in [0.25, 0.3) is 66.1 Å². The van der Waals surface area contributed by atoms with Gasteiger partial charge in [0.25, 0.3) is 0 Å². The molecule has 0 amide bonds. The fourth-order valence-corrected chi connectivity index (χ4v) is 10.2. The molecule has 1 heterocycles. The molecule has 1 saturated carbocycles. The molecule has 9 aromatic rings. The average molecular weight is 736 g/mol. The predicted octanol–water partition coefficient (Wildman–Crippen LogP) is 15.9. The van der Waals surface area contributed by atoms with Crippen molar-refractivity contribution in [2.75, 3.05) is 4.90 Å². The molecule has 276 valence electrons. The summed E-state index contributed by atoms with van der Waals surface area (Å²) in [5.74, 6) is 0.643. The van der Waals surface area contributed by atoms with E-state index >= 15 is 0 Å². The molecule has 0 aliphatic heterocycles. The fourth-order valence-electron chi connectivity index (χ4n) is 10.2. The van der Waals surface area contributed by atoms with E-state index in [2.05, 4.69) is 176 Å². The maximum Gasteiger partial charge on any atom is 0.135 e. The molecule has 2 aliphatic carbocycles. The summed E-state index contributed by atoms with van der Waals surface area (Å²) >= 11 is 0. The number of para-hydroxylation sites is 1. The lowest BCUT2D eigenvalue weighted by Gasteiger charge is -2.30. The monoisotopic (exact) mass is 735 g/mol. The van der Waals surface area contributed by atoms with Crippen LogP contribution in [-0.4, -0.2) is 0 Å². The van der Waals surface area contributed by atoms with Gasteiger partial charge in [-0.15, -0.1) is 0 Å². The van der Waals surface area contributed by atoms with Gasteiger partial charge in [0, 0.05) is 33.1 Å². The second kappa shape index (κ2) is 13.4. The molecule has 0 atom stereocenters. The molecule has 2 aliphatic rings. The largest absolute Gasteiger partial charge is 0.456 e. The van der Waals surface area contributed by atoms with Crippen molar-refractivity contribution in [3.05, 3.63) is 187 Å². The zero-order chi connectivity index (χ0) is 38.1. The first-order chi connectivity index (χ1) is 28.0. The second-order valence-electron chi connectivity index (χ2n) is 16.7. The van der Waals surface area contributed by atoms with Gasteiger partial charge < -0.3 is 9.32 Å². The zero-order valence-corrected chi connectivity index (χ0v) is 32.6. The Bertz CT molecular complexity index is 2960. The first-order valence-electron chi connectivity index (χ1n) is 20.7. The lowest BCUT2D eigenvalue weighted by Crippen LogP contribution is -2.17. The van der Waals surface area contributed by atoms with E-state index in [1.165, 1.54) is 93.1 Å². The minimum Gasteiger partial charge on any atom is -0.456 e. The van der Waals surface area contributed by atoms with E-state index in [0.29, 0.717) is 5.92 Å². The fraction of sp³-hybridized carbons (Fsp3) is 0.164. The number of hydrogen-bond donors (Lipinski definition) is 0. The van der Waals surface area contributed by atoms with Crippen molar-refractivity contribution in [2.24, 2.45) is 0 Å². The molecule has 0 bridgehead atoms. The number of fused-ring (bicyclic) bond motifs is 7. The molecule has 2 nitrogen and oxygen atoms in total. The molecule has 0 spiro atoms. The number of furan rings is 1. The van der Waals surface area contributed by atoms with Gasteiger partial charge in [0.1, 0.15) is 11.2 Å². The summed E-state index contributed by atoms with van der Waals surface area (Å²) in [6, 6.07) is 62.7. The van der Waals surface area contributed by atoms with Crippen LogP contribution in [0.3, 0.4) is 0 Å². The SMILES string of the molecule is CC1(C)c2cc(N(c3ccc(-c4ccc5oc6ccccc6c5c4)cc3)c3ccc4ccccc4c3-c3ccccc3)ccc2-c2c(C3CCCCC3)cccc21. The lowest BCUT2D eigenvalue weighted by molar-refractivity contribution is 0.444. The Morgan fingerprint density at radius 1 is 0.491 bits per heavy atom. The first-order valence-corrected chi connectivity index (χ1v) is 20.7. The summed E-state index contributed by atoms with van der Waals surface area (Å²) in [4.78, 5) is 2.49. The molecule has 0 N–H and O–H groups in total. The number of nitrogens with zero attached hydrogens (tertiary/aromatic N) is 1. The molecule has 1 aromatic heterocycles. The molecular weight excluding hydrogens is 691 g/mol. The van der Waals surface area contributed by atoms with Gasteiger partial charge in [0.05, 0.1) is 5.69 Å². The van der Waals surface area contributed by atoms with Crippen molar-refractivity contribution in [3.63, 3.8) is 0 Å². The lowest BCUT2D eigenvalue weighted by atomic mass is 9.78. The van der Waals surface area contributed by atoms with Crippen LogP contribution in [0, 0.1) is 0 Å². The molecule has 2 heteroatoms. The van der Waals surface area contributed by atoms with Gasteiger partial charge in [-0.1, -0.05) is 154 Å². The average Bonchev–Trinajstić information content (AvgIpc) is 3.75. The Hall–Kier alpha value is -6.38. The van der Waals surface area contributed by atoms with Crippen molar-refractivity contribution < 1.29 is 4.42 Å². The summed E-state index contributed by atoms with van der Waals surface area (Å²) in [5.41, 5.74) is 17.3. The Morgan fingerprint density at radius 3 is 2.05 bits per heavy atom. The zero-order valence-electron chi connectivity index (χ0n) is 32.6. The van der Waals surface area contributed by atoms with E-state index in [1.807, 2.05) is 12.1 Å². The highest BCUT2D eigenvalue weighted by Gasteiger charge is 2.38. The normalized spacial score (nSPS) is 14.9. The van der Waals surface area contributed by atoms with E-state index in [0.717, 1.165) is 33.3 Å². The van der Waals surface area contributed by atoms with Gasteiger partial charge >= 0.3 is 0 Å². The van der Waals surface area contributed by atoms with Crippen LogP contribution in [0.1, 0.15) is 68.6 Å². The maximum absolute atomic E-state index is 6.17. The van der Waals surface area contributed by atoms with Gasteiger partial charge in [-0.05, 0) is 123 Å². The summed E-state index contributed by atoms with van der Waals surface area (Å²) in [6.07, 6.45) is 6.63. The van der Waals surface area contributed by atoms with Crippen LogP contribution in [-0.2, 0) is 5.41 Å². The topological polar surface area (TPSA) is 16.4 Å². The van der Waals surface area contributed by atoms with E-state index < -0.39 is 0 Å². The third-order valence-corrected chi connectivity index (χ3v) is 13.1. The highest BCUT2D eigenvalue weighted by atomic mass is 16.3. The van der Waals surface area contributed by atoms with Crippen LogP contribution >= 0.6 is 0 Å². The molecular formula is C55H45NO. The van der Waals surface area contributed by atoms with E-state index in [4.69, 9.17) is 4.42 Å². The van der Waals surface area contributed by atoms with Gasteiger partial charge in [-0.25, -0.2) is 0 Å². The Balaban J connectivity index is 1.09. The molecule has 0 radical (unpaired) electrons.